The first-order valence-electron chi connectivity index (χ1n) is 1.57. The minimum atomic E-state index is -2.48. The van der Waals surface area contributed by atoms with E-state index in [1.165, 1.54) is 0 Å². The second-order valence-electron chi connectivity index (χ2n) is 0.754. The summed E-state index contributed by atoms with van der Waals surface area (Å²) in [5.41, 5.74) is 0. The van der Waals surface area contributed by atoms with Crippen molar-refractivity contribution in [2.45, 2.75) is 0 Å². The fraction of sp³-hybridized carbons (Fsp3) is 0. The standard InChI is InChI=1S/In.2NO3/c;2*2-1(3)4/q+2;2*-1. The molecule has 0 amide bonds. The Balaban J connectivity index is 3.10. The topological polar surface area (TPSA) is 105 Å². The van der Waals surface area contributed by atoms with E-state index in [0.29, 0.717) is 0 Å². The summed E-state index contributed by atoms with van der Waals surface area (Å²) in [6.07, 6.45) is 0. The van der Waals surface area contributed by atoms with Crippen molar-refractivity contribution in [3.05, 3.63) is 20.2 Å². The first-order valence-corrected chi connectivity index (χ1v) is 4.26. The normalized spacial score (nSPS) is 7.56. The van der Waals surface area contributed by atoms with E-state index in [2.05, 4.69) is 5.91 Å². The number of hydrogen-bond donors (Lipinski definition) is 0. The number of hydrogen-bond acceptors (Lipinski definition) is 6. The van der Waals surface area contributed by atoms with Gasteiger partial charge in [0.15, 0.2) is 0 Å². The van der Waals surface area contributed by atoms with Gasteiger partial charge < -0.3 is 0 Å². The molecule has 0 aliphatic heterocycles. The SMILES string of the molecule is O=[N+]([O-])[O][In][O][N+](=O)[O-]. The first kappa shape index (κ1) is 8.27. The van der Waals surface area contributed by atoms with Gasteiger partial charge >= 0.3 is 60.1 Å². The fourth-order valence-corrected chi connectivity index (χ4v) is 0.601. The molecule has 0 saturated carbocycles. The van der Waals surface area contributed by atoms with Crippen LogP contribution in [-0.4, -0.2) is 34.0 Å². The van der Waals surface area contributed by atoms with E-state index >= 15 is 0 Å². The van der Waals surface area contributed by atoms with E-state index in [1.807, 2.05) is 0 Å². The summed E-state index contributed by atoms with van der Waals surface area (Å²) in [5.74, 6) is 0. The molecule has 0 aromatic carbocycles. The second kappa shape index (κ2) is 4.18. The molecule has 0 aliphatic carbocycles. The second-order valence-corrected chi connectivity index (χ2v) is 2.51. The van der Waals surface area contributed by atoms with Gasteiger partial charge in [0, 0.05) is 0 Å². The van der Waals surface area contributed by atoms with Crippen molar-refractivity contribution < 1.29 is 16.1 Å². The Hall–Kier alpha value is -0.730. The third kappa shape index (κ3) is 7.27. The predicted octanol–water partition coefficient (Wildman–Crippen LogP) is -1.06. The zero-order valence-corrected chi connectivity index (χ0v) is 7.22. The van der Waals surface area contributed by atoms with Crippen molar-refractivity contribution in [2.24, 2.45) is 0 Å². The molecular weight excluding hydrogens is 239 g/mol. The third-order valence-corrected chi connectivity index (χ3v) is 1.73. The van der Waals surface area contributed by atoms with Crippen LogP contribution >= 0.6 is 0 Å². The molecule has 1 radical (unpaired) electrons. The van der Waals surface area contributed by atoms with E-state index < -0.39 is 34.0 Å². The molecular formula is InN2O6. The third-order valence-electron chi connectivity index (χ3n) is 0.258. The zero-order chi connectivity index (χ0) is 7.28. The van der Waals surface area contributed by atoms with Crippen LogP contribution in [0.15, 0.2) is 0 Å². The summed E-state index contributed by atoms with van der Waals surface area (Å²) in [7, 11) is 0. The van der Waals surface area contributed by atoms with Crippen molar-refractivity contribution in [3.8, 4) is 0 Å². The molecule has 0 bridgehead atoms. The average molecular weight is 239 g/mol. The molecule has 0 N–H and O–H groups in total. The molecule has 0 atom stereocenters. The van der Waals surface area contributed by atoms with Gasteiger partial charge in [-0.1, -0.05) is 0 Å². The van der Waals surface area contributed by atoms with Crippen LogP contribution < -0.4 is 0 Å². The maximum atomic E-state index is 9.31. The van der Waals surface area contributed by atoms with Gasteiger partial charge in [0.1, 0.15) is 0 Å². The summed E-state index contributed by atoms with van der Waals surface area (Å²) in [6, 6.07) is 0. The van der Waals surface area contributed by atoms with Crippen LogP contribution in [0.3, 0.4) is 0 Å². The molecule has 0 fully saturated rings. The summed E-state index contributed by atoms with van der Waals surface area (Å²) >= 11 is -2.48. The molecule has 8 nitrogen and oxygen atoms in total. The summed E-state index contributed by atoms with van der Waals surface area (Å²) in [4.78, 5) is 18.6. The maximum absolute atomic E-state index is 9.31. The number of nitrogens with zero attached hydrogens (tertiary/aromatic N) is 2. The molecule has 0 aromatic heterocycles. The van der Waals surface area contributed by atoms with Crippen LogP contribution in [0.5, 0.6) is 0 Å². The van der Waals surface area contributed by atoms with Crippen molar-refractivity contribution in [1.29, 1.82) is 0 Å². The van der Waals surface area contributed by atoms with Crippen LogP contribution in [-0.2, 0) is 5.91 Å². The minimum absolute atomic E-state index is 1.11. The molecule has 0 aromatic rings. The molecule has 0 aliphatic rings. The van der Waals surface area contributed by atoms with E-state index in [1.54, 1.807) is 0 Å². The Morgan fingerprint density at radius 1 is 1.11 bits per heavy atom. The molecule has 0 spiro atoms. The van der Waals surface area contributed by atoms with Crippen LogP contribution in [0.1, 0.15) is 0 Å². The van der Waals surface area contributed by atoms with Crippen molar-refractivity contribution >= 4 is 23.8 Å². The molecule has 9 heavy (non-hydrogen) atoms. The molecule has 0 saturated heterocycles. The van der Waals surface area contributed by atoms with Gasteiger partial charge in [0.2, 0.25) is 0 Å². The monoisotopic (exact) mass is 239 g/mol. The summed E-state index contributed by atoms with van der Waals surface area (Å²) in [6.45, 7) is 0. The molecule has 0 heterocycles. The predicted molar refractivity (Wildman–Crippen MR) is 21.9 cm³/mol. The Kier molecular flexibility index (Phi) is 3.84. The first-order chi connectivity index (χ1) is 4.13. The van der Waals surface area contributed by atoms with Gasteiger partial charge in [-0.3, -0.25) is 0 Å². The molecule has 0 unspecified atom stereocenters. The van der Waals surface area contributed by atoms with Gasteiger partial charge in [0.25, 0.3) is 0 Å². The van der Waals surface area contributed by atoms with E-state index in [4.69, 9.17) is 0 Å². The van der Waals surface area contributed by atoms with Crippen molar-refractivity contribution in [3.63, 3.8) is 0 Å². The van der Waals surface area contributed by atoms with E-state index in [-0.39, 0.29) is 0 Å². The quantitative estimate of drug-likeness (QED) is 0.457. The Morgan fingerprint density at radius 2 is 1.44 bits per heavy atom. The molecule has 49 valence electrons. The average Bonchev–Trinajstić information content (AvgIpc) is 1.63. The van der Waals surface area contributed by atoms with Gasteiger partial charge in [0.05, 0.1) is 0 Å². The van der Waals surface area contributed by atoms with Crippen molar-refractivity contribution in [2.75, 3.05) is 0 Å². The number of rotatable bonds is 4. The Bertz CT molecular complexity index is 106. The van der Waals surface area contributed by atoms with Crippen LogP contribution in [0.25, 0.3) is 0 Å². The van der Waals surface area contributed by atoms with E-state index in [0.717, 1.165) is 0 Å². The van der Waals surface area contributed by atoms with Crippen LogP contribution in [0.2, 0.25) is 0 Å². The summed E-state index contributed by atoms with van der Waals surface area (Å²) < 4.78 is 7.20. The van der Waals surface area contributed by atoms with Gasteiger partial charge in [-0.05, 0) is 0 Å². The summed E-state index contributed by atoms with van der Waals surface area (Å²) in [5, 5.41) is 16.4. The fourth-order valence-electron chi connectivity index (χ4n) is 0.0895. The molecule has 0 rings (SSSR count). The van der Waals surface area contributed by atoms with E-state index in [9.17, 15) is 20.2 Å². The zero-order valence-electron chi connectivity index (χ0n) is 3.92. The van der Waals surface area contributed by atoms with Crippen LogP contribution in [0, 0.1) is 20.2 Å². The van der Waals surface area contributed by atoms with Crippen molar-refractivity contribution in [1.82, 2.24) is 0 Å². The Labute approximate surface area is 60.5 Å². The van der Waals surface area contributed by atoms with Gasteiger partial charge in [-0.15, -0.1) is 0 Å². The molecule has 9 heteroatoms. The Morgan fingerprint density at radius 3 is 1.67 bits per heavy atom. The van der Waals surface area contributed by atoms with Gasteiger partial charge in [-0.2, -0.15) is 0 Å². The van der Waals surface area contributed by atoms with Crippen LogP contribution in [0.4, 0.5) is 0 Å². The van der Waals surface area contributed by atoms with Gasteiger partial charge in [-0.25, -0.2) is 0 Å².